The summed E-state index contributed by atoms with van der Waals surface area (Å²) in [5.74, 6) is -1.23. The lowest BCUT2D eigenvalue weighted by Gasteiger charge is -2.25. The highest BCUT2D eigenvalue weighted by Gasteiger charge is 2.38. The number of aromatic nitrogens is 4. The Morgan fingerprint density at radius 2 is 1.72 bits per heavy atom. The fourth-order valence-electron chi connectivity index (χ4n) is 3.94. The van der Waals surface area contributed by atoms with E-state index in [-0.39, 0.29) is 27.2 Å². The van der Waals surface area contributed by atoms with Gasteiger partial charge in [-0.15, -0.1) is 0 Å². The van der Waals surface area contributed by atoms with Crippen molar-refractivity contribution in [1.82, 2.24) is 24.3 Å². The molecule has 0 unspecified atom stereocenters. The second-order valence-corrected chi connectivity index (χ2v) is 12.7. The van der Waals surface area contributed by atoms with Crippen molar-refractivity contribution < 1.29 is 59.2 Å². The first-order valence-corrected chi connectivity index (χ1v) is 15.1. The first kappa shape index (κ1) is 34.8. The van der Waals surface area contributed by atoms with Crippen LogP contribution >= 0.6 is 11.3 Å². The molecule has 1 aromatic carbocycles. The molecule has 0 saturated heterocycles. The minimum absolute atomic E-state index is 0.0777. The average Bonchev–Trinajstić information content (AvgIpc) is 3.54. The zero-order valence-electron chi connectivity index (χ0n) is 23.8. The largest absolute Gasteiger partial charge is 0.493 e. The molecule has 0 radical (unpaired) electrons. The number of hydrogen-bond acceptors (Lipinski definition) is 11. The summed E-state index contributed by atoms with van der Waals surface area (Å²) in [5, 5.41) is 24.3. The number of aliphatic hydroxyl groups is 2. The van der Waals surface area contributed by atoms with Crippen molar-refractivity contribution in [3.05, 3.63) is 47.4 Å². The van der Waals surface area contributed by atoms with E-state index in [4.69, 9.17) is 9.47 Å². The maximum absolute atomic E-state index is 14.0. The van der Waals surface area contributed by atoms with Crippen molar-refractivity contribution in [2.75, 3.05) is 25.1 Å². The van der Waals surface area contributed by atoms with Gasteiger partial charge < -0.3 is 19.7 Å². The fourth-order valence-corrected chi connectivity index (χ4v) is 6.73. The van der Waals surface area contributed by atoms with Crippen molar-refractivity contribution in [3.63, 3.8) is 0 Å². The van der Waals surface area contributed by atoms with Crippen LogP contribution < -0.4 is 19.5 Å². The maximum Gasteiger partial charge on any atom is 0.433 e. The van der Waals surface area contributed by atoms with E-state index in [1.807, 2.05) is 0 Å². The van der Waals surface area contributed by atoms with Crippen LogP contribution in [-0.4, -0.2) is 69.7 Å². The van der Waals surface area contributed by atoms with Crippen LogP contribution in [-0.2, 0) is 22.4 Å². The smallest absolute Gasteiger partial charge is 0.433 e. The summed E-state index contributed by atoms with van der Waals surface area (Å²) in [5.41, 5.74) is -5.50. The van der Waals surface area contributed by atoms with Crippen LogP contribution in [0.5, 0.6) is 11.5 Å². The zero-order chi connectivity index (χ0) is 34.2. The van der Waals surface area contributed by atoms with E-state index < -0.39 is 81.3 Å². The van der Waals surface area contributed by atoms with Gasteiger partial charge in [-0.25, -0.2) is 27.7 Å². The number of aliphatic hydroxyl groups excluding tert-OH is 2. The first-order valence-electron chi connectivity index (χ1n) is 12.8. The molecule has 0 aliphatic rings. The molecule has 21 heteroatoms. The number of benzene rings is 1. The van der Waals surface area contributed by atoms with Crippen molar-refractivity contribution in [2.24, 2.45) is 0 Å². The number of amides is 1. The Kier molecular flexibility index (Phi) is 9.56. The first-order chi connectivity index (χ1) is 21.3. The van der Waals surface area contributed by atoms with Gasteiger partial charge >= 0.3 is 18.4 Å². The van der Waals surface area contributed by atoms with E-state index >= 15 is 0 Å². The van der Waals surface area contributed by atoms with Crippen LogP contribution in [0.2, 0.25) is 0 Å². The van der Waals surface area contributed by atoms with Gasteiger partial charge in [-0.2, -0.15) is 36.2 Å². The van der Waals surface area contributed by atoms with Gasteiger partial charge in [0.1, 0.15) is 5.75 Å². The molecule has 13 nitrogen and oxygen atoms in total. The van der Waals surface area contributed by atoms with Gasteiger partial charge in [-0.1, -0.05) is 17.4 Å². The highest BCUT2D eigenvalue weighted by atomic mass is 32.2. The average molecular weight is 699 g/mol. The number of thiazole rings is 1. The second kappa shape index (κ2) is 12.6. The molecule has 0 spiro atoms. The summed E-state index contributed by atoms with van der Waals surface area (Å²) >= 11 is 0.472. The number of hydrogen-bond donors (Lipinski definition) is 4. The third-order valence-corrected chi connectivity index (χ3v) is 9.42. The lowest BCUT2D eigenvalue weighted by Crippen LogP contribution is -2.51. The van der Waals surface area contributed by atoms with Gasteiger partial charge in [0.05, 0.1) is 48.5 Å². The third-order valence-electron chi connectivity index (χ3n) is 6.10. The predicted molar refractivity (Wildman–Crippen MR) is 149 cm³/mol. The second-order valence-electron chi connectivity index (χ2n) is 9.80. The topological polar surface area (TPSA) is 177 Å². The standard InChI is InChI=1S/C25H24F6N6O7S2/c1-4-43-16-7-13(5-6-14(16)24(26,27)28)15-8-18(25(29,30)31)37-19(34-15)17(9-32-37)44-22(40)35-21-33-12(2)20(45-21)46(41,42)36-23(3,10-38)11-39/h5-9,36,38-39H,4,10-11H2,1-3H3,(H,33,35,40). The normalized spacial score (nSPS) is 12.8. The van der Waals surface area contributed by atoms with Gasteiger partial charge in [0.15, 0.2) is 26.4 Å². The maximum atomic E-state index is 14.0. The van der Waals surface area contributed by atoms with Crippen LogP contribution in [0.3, 0.4) is 0 Å². The van der Waals surface area contributed by atoms with Gasteiger partial charge in [-0.3, -0.25) is 5.32 Å². The minimum atomic E-state index is -5.04. The van der Waals surface area contributed by atoms with Gasteiger partial charge in [0.2, 0.25) is 0 Å². The fraction of sp³-hybridized carbons (Fsp3) is 0.360. The van der Waals surface area contributed by atoms with E-state index in [1.54, 1.807) is 0 Å². The monoisotopic (exact) mass is 698 g/mol. The SMILES string of the molecule is CCOc1cc(-c2cc(C(F)(F)F)n3ncc(OC(=O)Nc4nc(C)c(S(=O)(=O)NC(C)(CO)CO)s4)c3n2)ccc1C(F)(F)F. The lowest BCUT2D eigenvalue weighted by atomic mass is 10.1. The van der Waals surface area contributed by atoms with E-state index in [2.05, 4.69) is 25.1 Å². The molecule has 0 aliphatic heterocycles. The van der Waals surface area contributed by atoms with Crippen molar-refractivity contribution in [2.45, 2.75) is 42.9 Å². The molecule has 4 rings (SSSR count). The van der Waals surface area contributed by atoms with E-state index in [9.17, 15) is 49.8 Å². The summed E-state index contributed by atoms with van der Waals surface area (Å²) < 4.78 is 120. The number of nitrogens with zero attached hydrogens (tertiary/aromatic N) is 4. The zero-order valence-corrected chi connectivity index (χ0v) is 25.4. The molecule has 0 aliphatic carbocycles. The molecule has 3 heterocycles. The van der Waals surface area contributed by atoms with Gasteiger partial charge in [-0.05, 0) is 39.0 Å². The van der Waals surface area contributed by atoms with E-state index in [0.29, 0.717) is 28.0 Å². The Labute approximate surface area is 259 Å². The number of aryl methyl sites for hydroxylation is 1. The molecule has 250 valence electrons. The lowest BCUT2D eigenvalue weighted by molar-refractivity contribution is -0.142. The quantitative estimate of drug-likeness (QED) is 0.175. The summed E-state index contributed by atoms with van der Waals surface area (Å²) in [6, 6.07) is 2.97. The Bertz CT molecular complexity index is 1870. The minimum Gasteiger partial charge on any atom is -0.493 e. The molecular weight excluding hydrogens is 674 g/mol. The number of alkyl halides is 6. The number of halogens is 6. The number of sulfonamides is 1. The highest BCUT2D eigenvalue weighted by molar-refractivity contribution is 7.91. The number of fused-ring (bicyclic) bond motifs is 1. The molecule has 1 amide bonds. The highest BCUT2D eigenvalue weighted by Crippen LogP contribution is 2.40. The Morgan fingerprint density at radius 3 is 2.30 bits per heavy atom. The van der Waals surface area contributed by atoms with E-state index in [1.165, 1.54) is 20.8 Å². The van der Waals surface area contributed by atoms with Crippen LogP contribution in [0, 0.1) is 6.92 Å². The number of rotatable bonds is 10. The third kappa shape index (κ3) is 7.33. The molecule has 0 atom stereocenters. The van der Waals surface area contributed by atoms with Crippen LogP contribution in [0.15, 0.2) is 34.7 Å². The Morgan fingerprint density at radius 1 is 1.04 bits per heavy atom. The molecule has 0 bridgehead atoms. The summed E-state index contributed by atoms with van der Waals surface area (Å²) in [7, 11) is -4.34. The van der Waals surface area contributed by atoms with Crippen molar-refractivity contribution in [3.8, 4) is 22.8 Å². The summed E-state index contributed by atoms with van der Waals surface area (Å²) in [4.78, 5) is 20.7. The van der Waals surface area contributed by atoms with Crippen LogP contribution in [0.1, 0.15) is 30.8 Å². The predicted octanol–water partition coefficient (Wildman–Crippen LogP) is 4.23. The van der Waals surface area contributed by atoms with Crippen LogP contribution in [0.25, 0.3) is 16.9 Å². The molecule has 4 N–H and O–H groups in total. The number of ether oxygens (including phenoxy) is 2. The van der Waals surface area contributed by atoms with Crippen molar-refractivity contribution >= 4 is 38.2 Å². The summed E-state index contributed by atoms with van der Waals surface area (Å²) in [6.45, 7) is 2.31. The Hall–Kier alpha value is -4.05. The summed E-state index contributed by atoms with van der Waals surface area (Å²) in [6.07, 6.45) is -10.4. The van der Waals surface area contributed by atoms with E-state index in [0.717, 1.165) is 18.3 Å². The molecule has 46 heavy (non-hydrogen) atoms. The molecule has 3 aromatic heterocycles. The van der Waals surface area contributed by atoms with Gasteiger partial charge in [0, 0.05) is 5.56 Å². The number of anilines is 1. The number of carbonyl (C=O) groups excluding carboxylic acids is 1. The number of carbonyl (C=O) groups is 1. The Balaban J connectivity index is 1.68. The molecular formula is C25H24F6N6O7S2. The van der Waals surface area contributed by atoms with Crippen LogP contribution in [0.4, 0.5) is 36.3 Å². The van der Waals surface area contributed by atoms with Crippen molar-refractivity contribution in [1.29, 1.82) is 0 Å². The number of nitrogens with one attached hydrogen (secondary N) is 2. The molecule has 4 aromatic rings. The molecule has 0 saturated carbocycles. The van der Waals surface area contributed by atoms with Gasteiger partial charge in [0.25, 0.3) is 10.0 Å². The molecule has 0 fully saturated rings.